The summed E-state index contributed by atoms with van der Waals surface area (Å²) in [6, 6.07) is 6.90. The molecule has 0 amide bonds. The lowest BCUT2D eigenvalue weighted by Crippen LogP contribution is -2.41. The van der Waals surface area contributed by atoms with Gasteiger partial charge in [-0.2, -0.15) is 0 Å². The maximum atomic E-state index is 6.16. The Kier molecular flexibility index (Phi) is 2.33. The molecule has 3 aliphatic heterocycles. The van der Waals surface area contributed by atoms with E-state index in [1.165, 1.54) is 43.5 Å². The number of hydrogen-bond acceptors (Lipinski definition) is 2. The molecule has 2 saturated heterocycles. The minimum atomic E-state index is 0.718. The van der Waals surface area contributed by atoms with Gasteiger partial charge >= 0.3 is 0 Å². The molecule has 2 nitrogen and oxygen atoms in total. The highest BCUT2D eigenvalue weighted by Crippen LogP contribution is 2.50. The van der Waals surface area contributed by atoms with Crippen LogP contribution in [0, 0.1) is 17.8 Å². The molecule has 2 unspecified atom stereocenters. The summed E-state index contributed by atoms with van der Waals surface area (Å²) in [6.07, 6.45) is 7.02. The Bertz CT molecular complexity index is 595. The van der Waals surface area contributed by atoms with Crippen molar-refractivity contribution in [3.8, 4) is 0 Å². The van der Waals surface area contributed by atoms with Crippen molar-refractivity contribution in [1.82, 2.24) is 4.90 Å². The second-order valence-electron chi connectivity index (χ2n) is 7.13. The monoisotopic (exact) mass is 286 g/mol. The van der Waals surface area contributed by atoms with Crippen LogP contribution in [0.15, 0.2) is 23.2 Å². The maximum Gasteiger partial charge on any atom is 0.108 e. The molecule has 104 valence electrons. The third-order valence-electron chi connectivity index (χ3n) is 5.83. The normalized spacial score (nSPS) is 37.2. The molecule has 2 aliphatic carbocycles. The quantitative estimate of drug-likeness (QED) is 0.690. The number of benzene rings is 1. The standard InChI is InChI=1S/C17H19ClN2/c18-14-1-2-16-13(8-14)9-20-15-6-10-3-11(7-15)5-12(4-10)17(20)19-16/h1-2,8,10-12,15H,3-7,9H2. The second-order valence-corrected chi connectivity index (χ2v) is 7.57. The van der Waals surface area contributed by atoms with Crippen LogP contribution in [-0.2, 0) is 6.54 Å². The molecule has 20 heavy (non-hydrogen) atoms. The lowest BCUT2D eigenvalue weighted by molar-refractivity contribution is 0.128. The van der Waals surface area contributed by atoms with E-state index in [0.717, 1.165) is 41.1 Å². The fourth-order valence-electron chi connectivity index (χ4n) is 5.16. The van der Waals surface area contributed by atoms with Crippen molar-refractivity contribution in [3.05, 3.63) is 28.8 Å². The van der Waals surface area contributed by atoms with E-state index in [1.807, 2.05) is 6.07 Å². The number of aliphatic imine (C=N–C) groups is 1. The topological polar surface area (TPSA) is 15.6 Å². The molecule has 0 radical (unpaired) electrons. The summed E-state index contributed by atoms with van der Waals surface area (Å²) in [7, 11) is 0. The average Bonchev–Trinajstić information content (AvgIpc) is 2.59. The van der Waals surface area contributed by atoms with E-state index < -0.39 is 0 Å². The van der Waals surface area contributed by atoms with Crippen molar-refractivity contribution in [2.24, 2.45) is 22.7 Å². The molecule has 0 N–H and O–H groups in total. The van der Waals surface area contributed by atoms with E-state index in [4.69, 9.17) is 16.6 Å². The Morgan fingerprint density at radius 3 is 2.65 bits per heavy atom. The summed E-state index contributed by atoms with van der Waals surface area (Å²) in [5.41, 5.74) is 2.46. The van der Waals surface area contributed by atoms with Gasteiger partial charge in [0.25, 0.3) is 0 Å². The highest BCUT2D eigenvalue weighted by atomic mass is 35.5. The van der Waals surface area contributed by atoms with Gasteiger partial charge in [-0.1, -0.05) is 11.6 Å². The van der Waals surface area contributed by atoms with Crippen LogP contribution in [0.2, 0.25) is 5.02 Å². The molecule has 4 bridgehead atoms. The van der Waals surface area contributed by atoms with E-state index in [9.17, 15) is 0 Å². The predicted octanol–water partition coefficient (Wildman–Crippen LogP) is 4.39. The first-order valence-corrected chi connectivity index (χ1v) is 8.27. The molecule has 3 heterocycles. The molecule has 1 aromatic rings. The predicted molar refractivity (Wildman–Crippen MR) is 81.4 cm³/mol. The molecular formula is C17H19ClN2. The Labute approximate surface area is 124 Å². The summed E-state index contributed by atoms with van der Waals surface area (Å²) in [5, 5.41) is 0.836. The van der Waals surface area contributed by atoms with E-state index in [-0.39, 0.29) is 0 Å². The highest BCUT2D eigenvalue weighted by molar-refractivity contribution is 6.30. The first-order valence-electron chi connectivity index (χ1n) is 7.90. The van der Waals surface area contributed by atoms with Crippen molar-refractivity contribution in [2.75, 3.05) is 0 Å². The summed E-state index contributed by atoms with van der Waals surface area (Å²) in [5.74, 6) is 4.03. The van der Waals surface area contributed by atoms with Crippen LogP contribution in [0.25, 0.3) is 0 Å². The number of rotatable bonds is 0. The van der Waals surface area contributed by atoms with Gasteiger partial charge in [-0.3, -0.25) is 0 Å². The summed E-state index contributed by atoms with van der Waals surface area (Å²) in [4.78, 5) is 7.68. The van der Waals surface area contributed by atoms with Gasteiger partial charge in [-0.25, -0.2) is 4.99 Å². The fourth-order valence-corrected chi connectivity index (χ4v) is 5.36. The molecule has 0 spiro atoms. The van der Waals surface area contributed by atoms with Crippen LogP contribution in [-0.4, -0.2) is 16.8 Å². The minimum Gasteiger partial charge on any atom is -0.352 e. The SMILES string of the molecule is Clc1ccc2c(c1)CN1C(=N2)C2CC3CC(C2)CC1C3. The van der Waals surface area contributed by atoms with Crippen LogP contribution in [0.3, 0.4) is 0 Å². The van der Waals surface area contributed by atoms with Crippen LogP contribution in [0.1, 0.15) is 37.7 Å². The fraction of sp³-hybridized carbons (Fsp3) is 0.588. The first-order chi connectivity index (χ1) is 9.76. The smallest absolute Gasteiger partial charge is 0.108 e. The summed E-state index contributed by atoms with van der Waals surface area (Å²) >= 11 is 6.16. The first kappa shape index (κ1) is 11.6. The molecular weight excluding hydrogens is 268 g/mol. The summed E-state index contributed by atoms with van der Waals surface area (Å²) in [6.45, 7) is 1.02. The molecule has 1 aromatic carbocycles. The molecule has 3 heteroatoms. The maximum absolute atomic E-state index is 6.16. The average molecular weight is 287 g/mol. The van der Waals surface area contributed by atoms with Gasteiger partial charge in [0.1, 0.15) is 5.84 Å². The molecule has 6 rings (SSSR count). The Morgan fingerprint density at radius 1 is 1.05 bits per heavy atom. The van der Waals surface area contributed by atoms with Crippen molar-refractivity contribution >= 4 is 23.1 Å². The van der Waals surface area contributed by atoms with Crippen LogP contribution < -0.4 is 0 Å². The number of nitrogens with zero attached hydrogens (tertiary/aromatic N) is 2. The van der Waals surface area contributed by atoms with Gasteiger partial charge in [-0.05, 0) is 67.7 Å². The molecule has 4 fully saturated rings. The third kappa shape index (κ3) is 1.60. The summed E-state index contributed by atoms with van der Waals surface area (Å²) < 4.78 is 0. The lowest BCUT2D eigenvalue weighted by Gasteiger charge is -2.39. The van der Waals surface area contributed by atoms with Gasteiger partial charge in [0, 0.05) is 23.5 Å². The van der Waals surface area contributed by atoms with Crippen LogP contribution in [0.4, 0.5) is 5.69 Å². The van der Waals surface area contributed by atoms with Crippen molar-refractivity contribution in [3.63, 3.8) is 0 Å². The zero-order chi connectivity index (χ0) is 13.3. The number of fused-ring (bicyclic) bond motifs is 1. The molecule has 2 saturated carbocycles. The molecule has 5 aliphatic rings. The Hall–Kier alpha value is -1.02. The number of hydrogen-bond donors (Lipinski definition) is 0. The Morgan fingerprint density at radius 2 is 1.85 bits per heavy atom. The molecule has 0 aromatic heterocycles. The number of halogens is 1. The van der Waals surface area contributed by atoms with Crippen molar-refractivity contribution in [1.29, 1.82) is 0 Å². The number of amidine groups is 1. The van der Waals surface area contributed by atoms with Gasteiger partial charge in [0.15, 0.2) is 0 Å². The van der Waals surface area contributed by atoms with Crippen molar-refractivity contribution < 1.29 is 0 Å². The molecule has 2 atom stereocenters. The highest BCUT2D eigenvalue weighted by Gasteiger charge is 2.46. The largest absolute Gasteiger partial charge is 0.352 e. The van der Waals surface area contributed by atoms with Gasteiger partial charge in [0.2, 0.25) is 0 Å². The van der Waals surface area contributed by atoms with E-state index in [0.29, 0.717) is 0 Å². The van der Waals surface area contributed by atoms with Crippen molar-refractivity contribution in [2.45, 2.75) is 44.7 Å². The van der Waals surface area contributed by atoms with Gasteiger partial charge in [0.05, 0.1) is 5.69 Å². The van der Waals surface area contributed by atoms with Crippen LogP contribution in [0.5, 0.6) is 0 Å². The third-order valence-corrected chi connectivity index (χ3v) is 6.07. The minimum absolute atomic E-state index is 0.718. The van der Waals surface area contributed by atoms with Gasteiger partial charge < -0.3 is 4.90 Å². The Balaban J connectivity index is 1.64. The van der Waals surface area contributed by atoms with E-state index >= 15 is 0 Å². The zero-order valence-corrected chi connectivity index (χ0v) is 12.3. The van der Waals surface area contributed by atoms with Crippen LogP contribution >= 0.6 is 11.6 Å². The zero-order valence-electron chi connectivity index (χ0n) is 11.6. The second kappa shape index (κ2) is 4.00. The lowest BCUT2D eigenvalue weighted by atomic mass is 9.68. The van der Waals surface area contributed by atoms with E-state index in [1.54, 1.807) is 0 Å². The van der Waals surface area contributed by atoms with Gasteiger partial charge in [-0.15, -0.1) is 0 Å². The van der Waals surface area contributed by atoms with E-state index in [2.05, 4.69) is 17.0 Å².